The van der Waals surface area contributed by atoms with Gasteiger partial charge in [-0.05, 0) is 48.7 Å². The Morgan fingerprint density at radius 1 is 1.14 bits per heavy atom. The van der Waals surface area contributed by atoms with E-state index >= 15 is 0 Å². The highest BCUT2D eigenvalue weighted by Crippen LogP contribution is 2.32. The van der Waals surface area contributed by atoms with Crippen LogP contribution in [-0.4, -0.2) is 40.9 Å². The largest absolute Gasteiger partial charge is 0.399 e. The van der Waals surface area contributed by atoms with E-state index < -0.39 is 0 Å². The van der Waals surface area contributed by atoms with Crippen molar-refractivity contribution in [2.45, 2.75) is 18.9 Å². The zero-order valence-electron chi connectivity index (χ0n) is 16.0. The van der Waals surface area contributed by atoms with Crippen molar-refractivity contribution in [1.29, 1.82) is 0 Å². The number of nitrogens with one attached hydrogen (secondary N) is 2. The van der Waals surface area contributed by atoms with Crippen molar-refractivity contribution in [3.05, 3.63) is 60.6 Å². The standard InChI is InChI=1S/C22H25N5O/c1-24-14-21(28)27-12-2-3-20(27)22-25-13-19(26-22)17-6-4-15(5-7-17)16-8-10-18(23)11-9-16/h4-11,13,20,24H,2-3,12,14,23H2,1H3,(H,25,26). The van der Waals surface area contributed by atoms with Crippen molar-refractivity contribution < 1.29 is 4.79 Å². The van der Waals surface area contributed by atoms with Crippen molar-refractivity contribution >= 4 is 11.6 Å². The predicted octanol–water partition coefficient (Wildman–Crippen LogP) is 3.21. The Morgan fingerprint density at radius 2 is 1.79 bits per heavy atom. The number of nitrogens with zero attached hydrogens (tertiary/aromatic N) is 2. The van der Waals surface area contributed by atoms with Crippen LogP contribution in [0.5, 0.6) is 0 Å². The predicted molar refractivity (Wildman–Crippen MR) is 111 cm³/mol. The van der Waals surface area contributed by atoms with Crippen LogP contribution in [-0.2, 0) is 4.79 Å². The summed E-state index contributed by atoms with van der Waals surface area (Å²) in [4.78, 5) is 22.2. The topological polar surface area (TPSA) is 87.0 Å². The number of amides is 1. The van der Waals surface area contributed by atoms with Gasteiger partial charge in [-0.2, -0.15) is 0 Å². The fraction of sp³-hybridized carbons (Fsp3) is 0.273. The van der Waals surface area contributed by atoms with E-state index in [4.69, 9.17) is 5.73 Å². The number of nitrogens with two attached hydrogens (primary N) is 1. The average molecular weight is 375 g/mol. The Bertz CT molecular complexity index is 946. The number of carbonyl (C=O) groups excluding carboxylic acids is 1. The van der Waals surface area contributed by atoms with Gasteiger partial charge in [0.2, 0.25) is 5.91 Å². The van der Waals surface area contributed by atoms with Gasteiger partial charge in [0.1, 0.15) is 5.82 Å². The minimum Gasteiger partial charge on any atom is -0.399 e. The highest BCUT2D eigenvalue weighted by atomic mass is 16.2. The molecule has 1 amide bonds. The lowest BCUT2D eigenvalue weighted by atomic mass is 10.0. The maximum absolute atomic E-state index is 12.3. The number of imidazole rings is 1. The first-order valence-corrected chi connectivity index (χ1v) is 9.61. The Morgan fingerprint density at radius 3 is 2.46 bits per heavy atom. The first-order valence-electron chi connectivity index (χ1n) is 9.61. The molecular formula is C22H25N5O. The number of nitrogen functional groups attached to an aromatic ring is 1. The molecule has 4 N–H and O–H groups in total. The van der Waals surface area contributed by atoms with Crippen LogP contribution in [0.2, 0.25) is 0 Å². The second-order valence-electron chi connectivity index (χ2n) is 7.16. The summed E-state index contributed by atoms with van der Waals surface area (Å²) in [6.07, 6.45) is 3.80. The second-order valence-corrected chi connectivity index (χ2v) is 7.16. The van der Waals surface area contributed by atoms with Crippen molar-refractivity contribution in [3.8, 4) is 22.4 Å². The summed E-state index contributed by atoms with van der Waals surface area (Å²) in [7, 11) is 1.79. The van der Waals surface area contributed by atoms with Crippen LogP contribution >= 0.6 is 0 Å². The van der Waals surface area contributed by atoms with Gasteiger partial charge in [0.25, 0.3) is 0 Å². The Kier molecular flexibility index (Phi) is 5.12. The van der Waals surface area contributed by atoms with Gasteiger partial charge in [-0.1, -0.05) is 36.4 Å². The van der Waals surface area contributed by atoms with Crippen LogP contribution in [0.3, 0.4) is 0 Å². The molecule has 1 aliphatic rings. The van der Waals surface area contributed by atoms with E-state index in [1.807, 2.05) is 35.4 Å². The first-order chi connectivity index (χ1) is 13.7. The average Bonchev–Trinajstić information content (AvgIpc) is 3.38. The van der Waals surface area contributed by atoms with Crippen LogP contribution in [0.1, 0.15) is 24.7 Å². The second kappa shape index (κ2) is 7.86. The number of benzene rings is 2. The Balaban J connectivity index is 1.52. The van der Waals surface area contributed by atoms with Gasteiger partial charge in [-0.25, -0.2) is 4.98 Å². The summed E-state index contributed by atoms with van der Waals surface area (Å²) in [5, 5.41) is 2.94. The van der Waals surface area contributed by atoms with Crippen molar-refractivity contribution in [1.82, 2.24) is 20.2 Å². The number of H-pyrrole nitrogens is 1. The minimum atomic E-state index is 0.0312. The third-order valence-corrected chi connectivity index (χ3v) is 5.25. The number of likely N-dealkylation sites (tertiary alicyclic amines) is 1. The molecule has 1 aromatic heterocycles. The molecule has 3 aromatic rings. The normalized spacial score (nSPS) is 16.5. The number of aromatic amines is 1. The molecule has 2 aromatic carbocycles. The van der Waals surface area contributed by atoms with Gasteiger partial charge in [-0.3, -0.25) is 4.79 Å². The van der Waals surface area contributed by atoms with E-state index in [-0.39, 0.29) is 11.9 Å². The Labute approximate surface area is 164 Å². The molecule has 6 nitrogen and oxygen atoms in total. The van der Waals surface area contributed by atoms with Gasteiger partial charge in [0, 0.05) is 12.2 Å². The summed E-state index contributed by atoms with van der Waals surface area (Å²) >= 11 is 0. The summed E-state index contributed by atoms with van der Waals surface area (Å²) < 4.78 is 0. The molecule has 0 spiro atoms. The third kappa shape index (κ3) is 3.64. The fourth-order valence-electron chi connectivity index (χ4n) is 3.77. The fourth-order valence-corrected chi connectivity index (χ4v) is 3.77. The van der Waals surface area contributed by atoms with Gasteiger partial charge >= 0.3 is 0 Å². The molecule has 0 bridgehead atoms. The molecule has 0 aliphatic carbocycles. The molecule has 4 rings (SSSR count). The van der Waals surface area contributed by atoms with Crippen molar-refractivity contribution in [3.63, 3.8) is 0 Å². The maximum Gasteiger partial charge on any atom is 0.237 e. The lowest BCUT2D eigenvalue weighted by Crippen LogP contribution is -2.37. The highest BCUT2D eigenvalue weighted by molar-refractivity contribution is 5.79. The number of hydrogen-bond donors (Lipinski definition) is 3. The molecule has 1 aliphatic heterocycles. The number of carbonyl (C=O) groups is 1. The molecule has 0 saturated carbocycles. The lowest BCUT2D eigenvalue weighted by Gasteiger charge is -2.23. The van der Waals surface area contributed by atoms with Crippen LogP contribution in [0, 0.1) is 0 Å². The smallest absolute Gasteiger partial charge is 0.237 e. The zero-order chi connectivity index (χ0) is 19.5. The van der Waals surface area contributed by atoms with Crippen LogP contribution in [0.15, 0.2) is 54.7 Å². The quantitative estimate of drug-likeness (QED) is 0.598. The first kappa shape index (κ1) is 18.3. The highest BCUT2D eigenvalue weighted by Gasteiger charge is 2.31. The molecular weight excluding hydrogens is 350 g/mol. The summed E-state index contributed by atoms with van der Waals surface area (Å²) in [6.45, 7) is 1.15. The Hall–Kier alpha value is -3.12. The van der Waals surface area contributed by atoms with Crippen molar-refractivity contribution in [2.24, 2.45) is 0 Å². The molecule has 144 valence electrons. The van der Waals surface area contributed by atoms with Gasteiger partial charge in [0.05, 0.1) is 24.5 Å². The summed E-state index contributed by atoms with van der Waals surface area (Å²) in [5.41, 5.74) is 10.8. The number of hydrogen-bond acceptors (Lipinski definition) is 4. The molecule has 1 atom stereocenters. The number of rotatable bonds is 5. The summed E-state index contributed by atoms with van der Waals surface area (Å²) in [6, 6.07) is 16.3. The molecule has 6 heteroatoms. The number of aromatic nitrogens is 2. The number of likely N-dealkylation sites (N-methyl/N-ethyl adjacent to an activating group) is 1. The third-order valence-electron chi connectivity index (χ3n) is 5.25. The van der Waals surface area contributed by atoms with E-state index in [0.717, 1.165) is 53.3 Å². The SMILES string of the molecule is CNCC(=O)N1CCCC1c1ncc(-c2ccc(-c3ccc(N)cc3)cc2)[nH]1. The maximum atomic E-state index is 12.3. The summed E-state index contributed by atoms with van der Waals surface area (Å²) in [5.74, 6) is 0.982. The van der Waals surface area contributed by atoms with E-state index in [2.05, 4.69) is 39.6 Å². The van der Waals surface area contributed by atoms with Crippen molar-refractivity contribution in [2.75, 3.05) is 25.9 Å². The van der Waals surface area contributed by atoms with Crippen LogP contribution in [0.25, 0.3) is 22.4 Å². The molecule has 1 saturated heterocycles. The molecule has 0 radical (unpaired) electrons. The van der Waals surface area contributed by atoms with E-state index in [1.54, 1.807) is 7.05 Å². The van der Waals surface area contributed by atoms with Gasteiger partial charge in [0.15, 0.2) is 0 Å². The van der Waals surface area contributed by atoms with Gasteiger partial charge < -0.3 is 20.9 Å². The number of anilines is 1. The minimum absolute atomic E-state index is 0.0312. The van der Waals surface area contributed by atoms with Crippen LogP contribution < -0.4 is 11.1 Å². The van der Waals surface area contributed by atoms with Crippen LogP contribution in [0.4, 0.5) is 5.69 Å². The van der Waals surface area contributed by atoms with Gasteiger partial charge in [-0.15, -0.1) is 0 Å². The molecule has 2 heterocycles. The lowest BCUT2D eigenvalue weighted by molar-refractivity contribution is -0.131. The van der Waals surface area contributed by atoms with E-state index in [9.17, 15) is 4.79 Å². The van der Waals surface area contributed by atoms with E-state index in [1.165, 1.54) is 0 Å². The molecule has 1 unspecified atom stereocenters. The monoisotopic (exact) mass is 375 g/mol. The zero-order valence-corrected chi connectivity index (χ0v) is 16.0. The van der Waals surface area contributed by atoms with E-state index in [0.29, 0.717) is 6.54 Å². The molecule has 1 fully saturated rings. The molecule has 28 heavy (non-hydrogen) atoms.